The van der Waals surface area contributed by atoms with Crippen LogP contribution in [0.5, 0.6) is 11.5 Å². The number of aryl methyl sites for hydroxylation is 1. The fraction of sp³-hybridized carbons (Fsp3) is 0.421. The standard InChI is InChI=1S/C19H21NO3S/c21-19(18-6-5-14-3-1-2-4-17(14)23-18)20-10-7-15(8-11-20)22-16-9-12-24-13-16/h1-4,9,12-13,15,18H,5-8,10-11H2/t18-/m0/s1. The molecule has 0 aliphatic carbocycles. The van der Waals surface area contributed by atoms with Gasteiger partial charge in [-0.3, -0.25) is 4.79 Å². The Labute approximate surface area is 146 Å². The number of rotatable bonds is 3. The fourth-order valence-electron chi connectivity index (χ4n) is 3.41. The number of amides is 1. The molecule has 0 unspecified atom stereocenters. The van der Waals surface area contributed by atoms with Crippen LogP contribution in [0.4, 0.5) is 0 Å². The Morgan fingerprint density at radius 3 is 2.79 bits per heavy atom. The van der Waals surface area contributed by atoms with Crippen molar-refractivity contribution in [1.82, 2.24) is 4.90 Å². The van der Waals surface area contributed by atoms with Crippen molar-refractivity contribution in [1.29, 1.82) is 0 Å². The van der Waals surface area contributed by atoms with Gasteiger partial charge >= 0.3 is 0 Å². The lowest BCUT2D eigenvalue weighted by Gasteiger charge is -2.35. The molecule has 0 N–H and O–H groups in total. The molecule has 24 heavy (non-hydrogen) atoms. The highest BCUT2D eigenvalue weighted by Gasteiger charge is 2.32. The average molecular weight is 343 g/mol. The Hall–Kier alpha value is -2.01. The Bertz CT molecular complexity index is 692. The summed E-state index contributed by atoms with van der Waals surface area (Å²) in [5.74, 6) is 1.92. The summed E-state index contributed by atoms with van der Waals surface area (Å²) in [6, 6.07) is 10.00. The molecule has 1 aromatic heterocycles. The van der Waals surface area contributed by atoms with Crippen LogP contribution in [0.2, 0.25) is 0 Å². The minimum absolute atomic E-state index is 0.124. The van der Waals surface area contributed by atoms with Crippen LogP contribution in [0.1, 0.15) is 24.8 Å². The molecular formula is C19H21NO3S. The number of hydrogen-bond donors (Lipinski definition) is 0. The monoisotopic (exact) mass is 343 g/mol. The van der Waals surface area contributed by atoms with Crippen LogP contribution in [0.25, 0.3) is 0 Å². The van der Waals surface area contributed by atoms with Gasteiger partial charge in [-0.15, -0.1) is 11.3 Å². The zero-order chi connectivity index (χ0) is 16.4. The second-order valence-corrected chi connectivity index (χ2v) is 7.13. The van der Waals surface area contributed by atoms with Crippen molar-refractivity contribution in [2.45, 2.75) is 37.9 Å². The van der Waals surface area contributed by atoms with Gasteiger partial charge in [-0.25, -0.2) is 0 Å². The minimum Gasteiger partial charge on any atom is -0.489 e. The summed E-state index contributed by atoms with van der Waals surface area (Å²) in [6.07, 6.45) is 3.30. The van der Waals surface area contributed by atoms with Gasteiger partial charge in [0.05, 0.1) is 0 Å². The summed E-state index contributed by atoms with van der Waals surface area (Å²) in [5, 5.41) is 4.04. The average Bonchev–Trinajstić information content (AvgIpc) is 3.14. The highest BCUT2D eigenvalue weighted by Crippen LogP contribution is 2.28. The highest BCUT2D eigenvalue weighted by molar-refractivity contribution is 7.08. The van der Waals surface area contributed by atoms with E-state index in [0.717, 1.165) is 50.3 Å². The van der Waals surface area contributed by atoms with E-state index >= 15 is 0 Å². The zero-order valence-electron chi connectivity index (χ0n) is 13.5. The van der Waals surface area contributed by atoms with Crippen molar-refractivity contribution >= 4 is 17.2 Å². The summed E-state index contributed by atoms with van der Waals surface area (Å²) in [4.78, 5) is 14.7. The third-order valence-electron chi connectivity index (χ3n) is 4.74. The zero-order valence-corrected chi connectivity index (χ0v) is 14.3. The molecule has 1 aromatic carbocycles. The van der Waals surface area contributed by atoms with Crippen LogP contribution in [0.15, 0.2) is 41.1 Å². The molecule has 0 bridgehead atoms. The van der Waals surface area contributed by atoms with E-state index in [4.69, 9.17) is 9.47 Å². The van der Waals surface area contributed by atoms with Gasteiger partial charge in [0.15, 0.2) is 6.10 Å². The summed E-state index contributed by atoms with van der Waals surface area (Å²) < 4.78 is 11.9. The number of hydrogen-bond acceptors (Lipinski definition) is 4. The molecule has 1 fully saturated rings. The number of thiophene rings is 1. The minimum atomic E-state index is -0.339. The maximum Gasteiger partial charge on any atom is 0.263 e. The van der Waals surface area contributed by atoms with Crippen molar-refractivity contribution in [3.05, 3.63) is 46.7 Å². The number of benzene rings is 1. The molecule has 0 spiro atoms. The second kappa shape index (κ2) is 6.85. The normalized spacial score (nSPS) is 21.0. The van der Waals surface area contributed by atoms with Gasteiger partial charge in [-0.1, -0.05) is 18.2 Å². The maximum absolute atomic E-state index is 12.7. The molecule has 0 saturated carbocycles. The highest BCUT2D eigenvalue weighted by atomic mass is 32.1. The lowest BCUT2D eigenvalue weighted by Crippen LogP contribution is -2.48. The van der Waals surface area contributed by atoms with E-state index in [-0.39, 0.29) is 18.1 Å². The van der Waals surface area contributed by atoms with Gasteiger partial charge in [-0.05, 0) is 35.9 Å². The largest absolute Gasteiger partial charge is 0.489 e. The molecule has 1 atom stereocenters. The van der Waals surface area contributed by atoms with E-state index in [0.29, 0.717) is 0 Å². The first-order valence-electron chi connectivity index (χ1n) is 8.52. The van der Waals surface area contributed by atoms with Crippen molar-refractivity contribution < 1.29 is 14.3 Å². The first kappa shape index (κ1) is 15.5. The van der Waals surface area contributed by atoms with Crippen LogP contribution in [0.3, 0.4) is 0 Å². The van der Waals surface area contributed by atoms with Crippen LogP contribution >= 0.6 is 11.3 Å². The number of fused-ring (bicyclic) bond motifs is 1. The smallest absolute Gasteiger partial charge is 0.263 e. The predicted octanol–water partition coefficient (Wildman–Crippen LogP) is 3.51. The lowest BCUT2D eigenvalue weighted by molar-refractivity contribution is -0.141. The summed E-state index contributed by atoms with van der Waals surface area (Å²) in [5.41, 5.74) is 1.20. The van der Waals surface area contributed by atoms with Gasteiger partial charge in [0.25, 0.3) is 5.91 Å². The molecule has 126 valence electrons. The van der Waals surface area contributed by atoms with Crippen LogP contribution in [0, 0.1) is 0 Å². The predicted molar refractivity (Wildman–Crippen MR) is 93.7 cm³/mol. The molecular weight excluding hydrogens is 322 g/mol. The van der Waals surface area contributed by atoms with Crippen molar-refractivity contribution in [2.24, 2.45) is 0 Å². The third kappa shape index (κ3) is 3.26. The molecule has 1 amide bonds. The van der Waals surface area contributed by atoms with Crippen LogP contribution in [-0.2, 0) is 11.2 Å². The number of piperidine rings is 1. The van der Waals surface area contributed by atoms with E-state index in [9.17, 15) is 4.79 Å². The molecule has 3 heterocycles. The number of ether oxygens (including phenoxy) is 2. The summed E-state index contributed by atoms with van der Waals surface area (Å²) in [7, 11) is 0. The fourth-order valence-corrected chi connectivity index (χ4v) is 3.97. The molecule has 2 aromatic rings. The molecule has 4 nitrogen and oxygen atoms in total. The number of nitrogens with zero attached hydrogens (tertiary/aromatic N) is 1. The Morgan fingerprint density at radius 2 is 2.00 bits per heavy atom. The second-order valence-electron chi connectivity index (χ2n) is 6.35. The first-order chi connectivity index (χ1) is 11.8. The molecule has 2 aliphatic heterocycles. The molecule has 1 saturated heterocycles. The van der Waals surface area contributed by atoms with E-state index in [1.54, 1.807) is 11.3 Å². The van der Waals surface area contributed by atoms with E-state index in [1.165, 1.54) is 5.56 Å². The van der Waals surface area contributed by atoms with E-state index in [1.807, 2.05) is 39.9 Å². The van der Waals surface area contributed by atoms with Crippen LogP contribution < -0.4 is 9.47 Å². The molecule has 5 heteroatoms. The topological polar surface area (TPSA) is 38.8 Å². The van der Waals surface area contributed by atoms with Crippen molar-refractivity contribution in [3.8, 4) is 11.5 Å². The van der Waals surface area contributed by atoms with Gasteiger partial charge in [0.1, 0.15) is 17.6 Å². The van der Waals surface area contributed by atoms with Crippen molar-refractivity contribution in [2.75, 3.05) is 13.1 Å². The van der Waals surface area contributed by atoms with Gasteiger partial charge in [0.2, 0.25) is 0 Å². The summed E-state index contributed by atoms with van der Waals surface area (Å²) in [6.45, 7) is 1.49. The van der Waals surface area contributed by atoms with E-state index < -0.39 is 0 Å². The number of likely N-dealkylation sites (tertiary alicyclic amines) is 1. The van der Waals surface area contributed by atoms with E-state index in [2.05, 4.69) is 6.07 Å². The molecule has 2 aliphatic rings. The Kier molecular flexibility index (Phi) is 4.43. The number of para-hydroxylation sites is 1. The Balaban J connectivity index is 1.32. The van der Waals surface area contributed by atoms with Crippen molar-refractivity contribution in [3.63, 3.8) is 0 Å². The quantitative estimate of drug-likeness (QED) is 0.856. The third-order valence-corrected chi connectivity index (χ3v) is 5.41. The number of carbonyl (C=O) groups excluding carboxylic acids is 1. The SMILES string of the molecule is O=C([C@@H]1CCc2ccccc2O1)N1CCC(Oc2ccsc2)CC1. The van der Waals surface area contributed by atoms with Gasteiger partial charge in [-0.2, -0.15) is 0 Å². The Morgan fingerprint density at radius 1 is 1.17 bits per heavy atom. The maximum atomic E-state index is 12.7. The van der Waals surface area contributed by atoms with Gasteiger partial charge < -0.3 is 14.4 Å². The summed E-state index contributed by atoms with van der Waals surface area (Å²) >= 11 is 1.64. The molecule has 4 rings (SSSR count). The lowest BCUT2D eigenvalue weighted by atomic mass is 10.0. The van der Waals surface area contributed by atoms with Crippen LogP contribution in [-0.4, -0.2) is 36.1 Å². The molecule has 0 radical (unpaired) electrons. The number of carbonyl (C=O) groups is 1. The van der Waals surface area contributed by atoms with Gasteiger partial charge in [0, 0.05) is 31.3 Å². The first-order valence-corrected chi connectivity index (χ1v) is 9.46.